The molecule has 8 nitrogen and oxygen atoms in total. The summed E-state index contributed by atoms with van der Waals surface area (Å²) >= 11 is 0. The highest BCUT2D eigenvalue weighted by Crippen LogP contribution is 2.26. The summed E-state index contributed by atoms with van der Waals surface area (Å²) in [6, 6.07) is 32.4. The third-order valence-corrected chi connectivity index (χ3v) is 8.58. The Morgan fingerprint density at radius 2 is 1.33 bits per heavy atom. The van der Waals surface area contributed by atoms with Gasteiger partial charge >= 0.3 is 0 Å². The molecule has 4 aromatic rings. The van der Waals surface area contributed by atoms with Gasteiger partial charge in [-0.1, -0.05) is 78.9 Å². The number of carbonyl (C=O) groups excluding carboxylic acids is 2. The van der Waals surface area contributed by atoms with Gasteiger partial charge in [-0.25, -0.2) is 8.42 Å². The molecule has 4 rings (SSSR count). The van der Waals surface area contributed by atoms with Crippen molar-refractivity contribution >= 4 is 27.5 Å². The lowest BCUT2D eigenvalue weighted by Gasteiger charge is -2.33. The summed E-state index contributed by atoms with van der Waals surface area (Å²) in [4.78, 5) is 29.2. The molecule has 1 N–H and O–H groups in total. The minimum absolute atomic E-state index is 0.0131. The minimum atomic E-state index is -4.17. The number of carbonyl (C=O) groups is 2. The number of para-hydroxylation sites is 1. The van der Waals surface area contributed by atoms with Crippen LogP contribution < -0.4 is 14.4 Å². The van der Waals surface area contributed by atoms with Gasteiger partial charge in [-0.3, -0.25) is 13.9 Å². The second-order valence-electron chi connectivity index (χ2n) is 9.63. The number of benzene rings is 4. The van der Waals surface area contributed by atoms with E-state index in [4.69, 9.17) is 4.74 Å². The Morgan fingerprint density at radius 1 is 0.786 bits per heavy atom. The molecule has 0 saturated heterocycles. The number of ether oxygens (including phenoxy) is 1. The van der Waals surface area contributed by atoms with Crippen molar-refractivity contribution in [3.63, 3.8) is 0 Å². The SMILES string of the molecule is CCNC(=O)[C@@H](Cc1ccccc1)N(Cc1ccccc1)C(=O)CN(c1ccccc1)S(=O)(=O)c1ccc(OC)cc1. The number of nitrogens with one attached hydrogen (secondary N) is 1. The molecular weight excluding hydrogens is 550 g/mol. The molecule has 2 amide bonds. The molecular formula is C33H35N3O5S. The Kier molecular flexibility index (Phi) is 10.3. The Bertz CT molecular complexity index is 1550. The van der Waals surface area contributed by atoms with Crippen molar-refractivity contribution in [2.24, 2.45) is 0 Å². The van der Waals surface area contributed by atoms with Crippen LogP contribution in [0.25, 0.3) is 0 Å². The number of sulfonamides is 1. The van der Waals surface area contributed by atoms with Crippen molar-refractivity contribution in [2.75, 3.05) is 24.5 Å². The van der Waals surface area contributed by atoms with Crippen LogP contribution in [0.5, 0.6) is 5.75 Å². The predicted molar refractivity (Wildman–Crippen MR) is 164 cm³/mol. The molecule has 0 aliphatic carbocycles. The van der Waals surface area contributed by atoms with Crippen molar-refractivity contribution in [1.82, 2.24) is 10.2 Å². The zero-order valence-electron chi connectivity index (χ0n) is 23.7. The lowest BCUT2D eigenvalue weighted by molar-refractivity contribution is -0.140. The molecule has 0 bridgehead atoms. The monoisotopic (exact) mass is 585 g/mol. The largest absolute Gasteiger partial charge is 0.497 e. The van der Waals surface area contributed by atoms with E-state index in [0.717, 1.165) is 15.4 Å². The maximum atomic E-state index is 14.3. The van der Waals surface area contributed by atoms with Crippen LogP contribution in [-0.2, 0) is 32.6 Å². The zero-order chi connectivity index (χ0) is 30.0. The zero-order valence-corrected chi connectivity index (χ0v) is 24.5. The topological polar surface area (TPSA) is 96.0 Å². The summed E-state index contributed by atoms with van der Waals surface area (Å²) in [6.07, 6.45) is 0.266. The molecule has 9 heteroatoms. The lowest BCUT2D eigenvalue weighted by atomic mass is 10.0. The van der Waals surface area contributed by atoms with E-state index in [1.165, 1.54) is 24.1 Å². The molecule has 4 aromatic carbocycles. The van der Waals surface area contributed by atoms with Crippen molar-refractivity contribution in [2.45, 2.75) is 30.8 Å². The first-order chi connectivity index (χ1) is 20.3. The first-order valence-corrected chi connectivity index (χ1v) is 15.1. The van der Waals surface area contributed by atoms with Crippen LogP contribution in [0.4, 0.5) is 5.69 Å². The van der Waals surface area contributed by atoms with E-state index < -0.39 is 28.5 Å². The number of likely N-dealkylation sites (N-methyl/N-ethyl adjacent to an activating group) is 1. The summed E-state index contributed by atoms with van der Waals surface area (Å²) in [5.74, 6) is -0.308. The first kappa shape index (κ1) is 30.3. The van der Waals surface area contributed by atoms with Crippen LogP contribution >= 0.6 is 0 Å². The summed E-state index contributed by atoms with van der Waals surface area (Å²) in [5, 5.41) is 2.86. The van der Waals surface area contributed by atoms with Gasteiger partial charge in [0.25, 0.3) is 10.0 Å². The maximum absolute atomic E-state index is 14.3. The van der Waals surface area contributed by atoms with Crippen LogP contribution in [0.3, 0.4) is 0 Å². The highest BCUT2D eigenvalue weighted by atomic mass is 32.2. The van der Waals surface area contributed by atoms with E-state index >= 15 is 0 Å². The van der Waals surface area contributed by atoms with Crippen LogP contribution in [0.15, 0.2) is 120 Å². The number of hydrogen-bond donors (Lipinski definition) is 1. The number of rotatable bonds is 13. The fourth-order valence-corrected chi connectivity index (χ4v) is 6.04. The summed E-state index contributed by atoms with van der Waals surface area (Å²) < 4.78 is 34.2. The van der Waals surface area contributed by atoms with Gasteiger partial charge < -0.3 is 15.0 Å². The molecule has 0 heterocycles. The van der Waals surface area contributed by atoms with Crippen LogP contribution in [-0.4, -0.2) is 51.4 Å². The number of hydrogen-bond acceptors (Lipinski definition) is 5. The van der Waals surface area contributed by atoms with E-state index in [0.29, 0.717) is 18.0 Å². The number of nitrogens with zero attached hydrogens (tertiary/aromatic N) is 2. The summed E-state index contributed by atoms with van der Waals surface area (Å²) in [6.45, 7) is 1.83. The quantitative estimate of drug-likeness (QED) is 0.246. The Morgan fingerprint density at radius 3 is 1.88 bits per heavy atom. The third-order valence-electron chi connectivity index (χ3n) is 6.79. The maximum Gasteiger partial charge on any atom is 0.264 e. The second-order valence-corrected chi connectivity index (χ2v) is 11.5. The van der Waals surface area contributed by atoms with Crippen LogP contribution in [0.1, 0.15) is 18.1 Å². The normalized spacial score (nSPS) is 11.8. The molecule has 0 aliphatic heterocycles. The van der Waals surface area contributed by atoms with E-state index in [9.17, 15) is 18.0 Å². The molecule has 0 spiro atoms. The summed E-state index contributed by atoms with van der Waals surface area (Å²) in [7, 11) is -2.67. The minimum Gasteiger partial charge on any atom is -0.497 e. The van der Waals surface area contributed by atoms with Gasteiger partial charge in [-0.05, 0) is 54.4 Å². The second kappa shape index (κ2) is 14.3. The van der Waals surface area contributed by atoms with E-state index in [2.05, 4.69) is 5.32 Å². The predicted octanol–water partition coefficient (Wildman–Crippen LogP) is 4.67. The highest BCUT2D eigenvalue weighted by Gasteiger charge is 2.34. The van der Waals surface area contributed by atoms with Gasteiger partial charge in [-0.15, -0.1) is 0 Å². The van der Waals surface area contributed by atoms with E-state index in [1.807, 2.05) is 67.6 Å². The molecule has 0 saturated carbocycles. The average Bonchev–Trinajstić information content (AvgIpc) is 3.03. The molecule has 0 unspecified atom stereocenters. The number of anilines is 1. The van der Waals surface area contributed by atoms with Crippen molar-refractivity contribution in [1.29, 1.82) is 0 Å². The Balaban J connectivity index is 1.76. The van der Waals surface area contributed by atoms with Crippen LogP contribution in [0, 0.1) is 0 Å². The van der Waals surface area contributed by atoms with Crippen molar-refractivity contribution in [3.05, 3.63) is 126 Å². The molecule has 218 valence electrons. The van der Waals surface area contributed by atoms with Gasteiger partial charge in [0.15, 0.2) is 0 Å². The Labute approximate surface area is 247 Å². The molecule has 0 aromatic heterocycles. The molecule has 0 radical (unpaired) electrons. The summed E-state index contributed by atoms with van der Waals surface area (Å²) in [5.41, 5.74) is 2.03. The van der Waals surface area contributed by atoms with E-state index in [-0.39, 0.29) is 23.8 Å². The van der Waals surface area contributed by atoms with Gasteiger partial charge in [0.2, 0.25) is 11.8 Å². The first-order valence-electron chi connectivity index (χ1n) is 13.7. The number of amides is 2. The van der Waals surface area contributed by atoms with Crippen molar-refractivity contribution < 1.29 is 22.7 Å². The highest BCUT2D eigenvalue weighted by molar-refractivity contribution is 7.92. The lowest BCUT2D eigenvalue weighted by Crippen LogP contribution is -2.53. The standard InChI is InChI=1S/C33H35N3O5S/c1-3-34-33(38)31(23-26-13-7-4-8-14-26)35(24-27-15-9-5-10-16-27)32(37)25-36(28-17-11-6-12-18-28)42(39,40)30-21-19-29(41-2)20-22-30/h4-22,31H,3,23-25H2,1-2H3,(H,34,38)/t31-/m1/s1. The molecule has 1 atom stereocenters. The molecule has 0 aliphatic rings. The Hall–Kier alpha value is -4.63. The molecule has 42 heavy (non-hydrogen) atoms. The van der Waals surface area contributed by atoms with E-state index in [1.54, 1.807) is 42.5 Å². The van der Waals surface area contributed by atoms with Gasteiger partial charge in [0.1, 0.15) is 18.3 Å². The van der Waals surface area contributed by atoms with Crippen LogP contribution in [0.2, 0.25) is 0 Å². The van der Waals surface area contributed by atoms with Crippen molar-refractivity contribution in [3.8, 4) is 5.75 Å². The fraction of sp³-hybridized carbons (Fsp3) is 0.212. The van der Waals surface area contributed by atoms with Gasteiger partial charge in [-0.2, -0.15) is 0 Å². The smallest absolute Gasteiger partial charge is 0.264 e. The van der Waals surface area contributed by atoms with Gasteiger partial charge in [0.05, 0.1) is 17.7 Å². The average molecular weight is 586 g/mol. The molecule has 0 fully saturated rings. The van der Waals surface area contributed by atoms with Gasteiger partial charge in [0, 0.05) is 19.5 Å². The number of methoxy groups -OCH3 is 1. The third kappa shape index (κ3) is 7.55. The fourth-order valence-electron chi connectivity index (χ4n) is 4.62.